The first kappa shape index (κ1) is 13.8. The van der Waals surface area contributed by atoms with Gasteiger partial charge in [0.2, 0.25) is 0 Å². The largest absolute Gasteiger partial charge is 0.458 e. The molecule has 6 heteroatoms. The summed E-state index contributed by atoms with van der Waals surface area (Å²) in [6.45, 7) is 6.33. The Morgan fingerprint density at radius 3 is 2.65 bits per heavy atom. The van der Waals surface area contributed by atoms with Crippen LogP contribution < -0.4 is 16.4 Å². The molecule has 2 unspecified atom stereocenters. The van der Waals surface area contributed by atoms with Crippen LogP contribution in [0.4, 0.5) is 0 Å². The lowest BCUT2D eigenvalue weighted by Gasteiger charge is -2.27. The van der Waals surface area contributed by atoms with Gasteiger partial charge in [-0.1, -0.05) is 0 Å². The van der Waals surface area contributed by atoms with E-state index in [1.807, 2.05) is 20.8 Å². The Bertz CT molecular complexity index is 292. The van der Waals surface area contributed by atoms with E-state index < -0.39 is 11.6 Å². The first-order valence-corrected chi connectivity index (χ1v) is 5.86. The highest BCUT2D eigenvalue weighted by Crippen LogP contribution is 2.14. The zero-order valence-corrected chi connectivity index (χ0v) is 10.7. The molecule has 0 aromatic heterocycles. The number of ether oxygens (including phenoxy) is 1. The van der Waals surface area contributed by atoms with Gasteiger partial charge in [0, 0.05) is 6.04 Å². The fourth-order valence-electron chi connectivity index (χ4n) is 1.85. The molecule has 1 aliphatic rings. The van der Waals surface area contributed by atoms with Crippen LogP contribution >= 0.6 is 0 Å². The number of esters is 1. The summed E-state index contributed by atoms with van der Waals surface area (Å²) in [4.78, 5) is 12.0. The lowest BCUT2D eigenvalue weighted by molar-refractivity contribution is -0.157. The first-order valence-electron chi connectivity index (χ1n) is 5.86. The van der Waals surface area contributed by atoms with Crippen LogP contribution in [0.25, 0.3) is 0 Å². The topological polar surface area (TPSA) is 100 Å². The maximum absolute atomic E-state index is 12.0. The van der Waals surface area contributed by atoms with Crippen LogP contribution in [0.3, 0.4) is 0 Å². The van der Waals surface area contributed by atoms with Gasteiger partial charge in [-0.25, -0.2) is 4.79 Å². The van der Waals surface area contributed by atoms with Gasteiger partial charge in [0.05, 0.1) is 0 Å². The van der Waals surface area contributed by atoms with Gasteiger partial charge in [0.15, 0.2) is 5.96 Å². The zero-order chi connectivity index (χ0) is 13.1. The predicted molar refractivity (Wildman–Crippen MR) is 65.7 cm³/mol. The van der Waals surface area contributed by atoms with Crippen molar-refractivity contribution in [3.05, 3.63) is 0 Å². The number of guanidine groups is 1. The monoisotopic (exact) mass is 242 g/mol. The molecule has 5 N–H and O–H groups in total. The molecule has 1 saturated heterocycles. The van der Waals surface area contributed by atoms with Gasteiger partial charge in [0.1, 0.15) is 11.6 Å². The van der Waals surface area contributed by atoms with Crippen LogP contribution in [-0.2, 0) is 9.53 Å². The van der Waals surface area contributed by atoms with Gasteiger partial charge in [-0.2, -0.15) is 0 Å². The molecule has 0 radical (unpaired) electrons. The van der Waals surface area contributed by atoms with E-state index in [1.54, 1.807) is 0 Å². The average molecular weight is 242 g/mol. The molecule has 98 valence electrons. The van der Waals surface area contributed by atoms with E-state index in [2.05, 4.69) is 10.6 Å². The second kappa shape index (κ2) is 5.35. The van der Waals surface area contributed by atoms with Crippen LogP contribution in [-0.4, -0.2) is 36.2 Å². The van der Waals surface area contributed by atoms with Crippen molar-refractivity contribution >= 4 is 11.9 Å². The predicted octanol–water partition coefficient (Wildman–Crippen LogP) is -0.0682. The summed E-state index contributed by atoms with van der Waals surface area (Å²) in [6, 6.07) is -0.608. The molecule has 17 heavy (non-hydrogen) atoms. The molecule has 6 nitrogen and oxygen atoms in total. The van der Waals surface area contributed by atoms with E-state index in [1.165, 1.54) is 0 Å². The third-order valence-corrected chi connectivity index (χ3v) is 2.47. The van der Waals surface area contributed by atoms with Crippen LogP contribution in [0.1, 0.15) is 33.6 Å². The SMILES string of the molecule is CC(C)(C)OC(=O)C(NC(=N)N)C1CCCN1. The summed E-state index contributed by atoms with van der Waals surface area (Å²) >= 11 is 0. The Morgan fingerprint density at radius 2 is 2.24 bits per heavy atom. The van der Waals surface area contributed by atoms with E-state index in [0.29, 0.717) is 0 Å². The maximum atomic E-state index is 12.0. The standard InChI is InChI=1S/C11H22N4O2/c1-11(2,3)17-9(16)8(15-10(12)13)7-5-4-6-14-7/h7-8,14H,4-6H2,1-3H3,(H4,12,13,15). The van der Waals surface area contributed by atoms with Crippen LogP contribution in [0.15, 0.2) is 0 Å². The van der Waals surface area contributed by atoms with Crippen LogP contribution in [0, 0.1) is 5.41 Å². The number of hydrogen-bond donors (Lipinski definition) is 4. The first-order chi connectivity index (χ1) is 7.79. The minimum atomic E-state index is -0.589. The van der Waals surface area contributed by atoms with E-state index in [4.69, 9.17) is 15.9 Å². The highest BCUT2D eigenvalue weighted by Gasteiger charge is 2.34. The fourth-order valence-corrected chi connectivity index (χ4v) is 1.85. The molecule has 2 atom stereocenters. The smallest absolute Gasteiger partial charge is 0.330 e. The summed E-state index contributed by atoms with van der Waals surface area (Å²) in [5.74, 6) is -0.582. The average Bonchev–Trinajstić information content (AvgIpc) is 2.63. The molecule has 0 saturated carbocycles. The van der Waals surface area contributed by atoms with Crippen molar-refractivity contribution in [2.75, 3.05) is 6.54 Å². The van der Waals surface area contributed by atoms with Crippen molar-refractivity contribution in [1.29, 1.82) is 5.41 Å². The minimum Gasteiger partial charge on any atom is -0.458 e. The number of nitrogens with one attached hydrogen (secondary N) is 3. The van der Waals surface area contributed by atoms with Crippen molar-refractivity contribution in [3.8, 4) is 0 Å². The van der Waals surface area contributed by atoms with Crippen LogP contribution in [0.2, 0.25) is 0 Å². The van der Waals surface area contributed by atoms with Crippen molar-refractivity contribution in [2.24, 2.45) is 5.73 Å². The summed E-state index contributed by atoms with van der Waals surface area (Å²) in [5.41, 5.74) is 4.76. The van der Waals surface area contributed by atoms with Crippen molar-refractivity contribution in [1.82, 2.24) is 10.6 Å². The van der Waals surface area contributed by atoms with Gasteiger partial charge >= 0.3 is 5.97 Å². The molecular formula is C11H22N4O2. The van der Waals surface area contributed by atoms with Crippen molar-refractivity contribution in [2.45, 2.75) is 51.3 Å². The number of nitrogens with two attached hydrogens (primary N) is 1. The Hall–Kier alpha value is -1.30. The molecule has 1 fully saturated rings. The van der Waals surface area contributed by atoms with Crippen molar-refractivity contribution in [3.63, 3.8) is 0 Å². The van der Waals surface area contributed by atoms with E-state index >= 15 is 0 Å². The van der Waals surface area contributed by atoms with Crippen molar-refractivity contribution < 1.29 is 9.53 Å². The molecule has 1 rings (SSSR count). The molecule has 1 aliphatic heterocycles. The molecule has 0 amide bonds. The third-order valence-electron chi connectivity index (χ3n) is 2.47. The number of carbonyl (C=O) groups excluding carboxylic acids is 1. The lowest BCUT2D eigenvalue weighted by Crippen LogP contribution is -2.55. The second-order valence-electron chi connectivity index (χ2n) is 5.27. The summed E-state index contributed by atoms with van der Waals surface area (Å²) in [6.07, 6.45) is 1.90. The highest BCUT2D eigenvalue weighted by atomic mass is 16.6. The molecule has 0 aliphatic carbocycles. The summed E-state index contributed by atoms with van der Waals surface area (Å²) in [7, 11) is 0. The quantitative estimate of drug-likeness (QED) is 0.315. The lowest BCUT2D eigenvalue weighted by atomic mass is 10.1. The van der Waals surface area contributed by atoms with Gasteiger partial charge in [-0.05, 0) is 40.2 Å². The van der Waals surface area contributed by atoms with Gasteiger partial charge in [-0.15, -0.1) is 0 Å². The molecule has 0 aromatic carbocycles. The Morgan fingerprint density at radius 1 is 1.59 bits per heavy atom. The summed E-state index contributed by atoms with van der Waals surface area (Å²) < 4.78 is 5.32. The molecule has 0 spiro atoms. The van der Waals surface area contributed by atoms with Gasteiger partial charge in [0.25, 0.3) is 0 Å². The molecule has 1 heterocycles. The number of carbonyl (C=O) groups is 1. The Kier molecular flexibility index (Phi) is 4.34. The van der Waals surface area contributed by atoms with E-state index in [-0.39, 0.29) is 18.0 Å². The molecule has 0 bridgehead atoms. The van der Waals surface area contributed by atoms with E-state index in [9.17, 15) is 4.79 Å². The molecular weight excluding hydrogens is 220 g/mol. The van der Waals surface area contributed by atoms with Crippen LogP contribution in [0.5, 0.6) is 0 Å². The maximum Gasteiger partial charge on any atom is 0.330 e. The number of rotatable bonds is 3. The second-order valence-corrected chi connectivity index (χ2v) is 5.27. The Labute approximate surface area is 102 Å². The molecule has 0 aromatic rings. The zero-order valence-electron chi connectivity index (χ0n) is 10.7. The Balaban J connectivity index is 2.67. The van der Waals surface area contributed by atoms with E-state index in [0.717, 1.165) is 19.4 Å². The summed E-state index contributed by atoms with van der Waals surface area (Å²) in [5, 5.41) is 13.1. The van der Waals surface area contributed by atoms with Gasteiger partial charge < -0.3 is 21.1 Å². The number of hydrogen-bond acceptors (Lipinski definition) is 4. The normalized spacial score (nSPS) is 21.9. The fraction of sp³-hybridized carbons (Fsp3) is 0.818. The minimum absolute atomic E-state index is 0.0197. The third kappa shape index (κ3) is 4.60. The van der Waals surface area contributed by atoms with Gasteiger partial charge in [-0.3, -0.25) is 5.41 Å². The highest BCUT2D eigenvalue weighted by molar-refractivity contribution is 5.84.